The average Bonchev–Trinajstić information content (AvgIpc) is 2.52. The van der Waals surface area contributed by atoms with Crippen LogP contribution in [0.2, 0.25) is 0 Å². The van der Waals surface area contributed by atoms with Crippen molar-refractivity contribution in [2.24, 2.45) is 23.7 Å². The molecule has 0 aliphatic heterocycles. The van der Waals surface area contributed by atoms with Crippen molar-refractivity contribution in [3.8, 4) is 6.07 Å². The molecule has 0 amide bonds. The monoisotopic (exact) mass is 275 g/mol. The Morgan fingerprint density at radius 2 is 1.60 bits per heavy atom. The summed E-state index contributed by atoms with van der Waals surface area (Å²) >= 11 is 0. The molecule has 0 heterocycles. The number of methoxy groups -OCH3 is 1. The van der Waals surface area contributed by atoms with Gasteiger partial charge in [-0.15, -0.1) is 0 Å². The Morgan fingerprint density at radius 3 is 2.15 bits per heavy atom. The Hall–Kier alpha value is -0.970. The molecular weight excluding hydrogens is 246 g/mol. The van der Waals surface area contributed by atoms with Crippen LogP contribution in [-0.2, 0) is 4.74 Å². The van der Waals surface area contributed by atoms with Crippen molar-refractivity contribution in [3.05, 3.63) is 12.3 Å². The van der Waals surface area contributed by atoms with Crippen molar-refractivity contribution < 1.29 is 4.74 Å². The molecule has 0 radical (unpaired) electrons. The topological polar surface area (TPSA) is 33.0 Å². The van der Waals surface area contributed by atoms with Crippen molar-refractivity contribution in [2.75, 3.05) is 7.11 Å². The molecule has 0 unspecified atom stereocenters. The summed E-state index contributed by atoms with van der Waals surface area (Å²) in [6.07, 6.45) is 17.1. The van der Waals surface area contributed by atoms with Gasteiger partial charge in [-0.25, -0.2) is 0 Å². The van der Waals surface area contributed by atoms with E-state index in [2.05, 4.69) is 12.1 Å². The van der Waals surface area contributed by atoms with Crippen LogP contribution in [-0.4, -0.2) is 7.11 Å². The average molecular weight is 275 g/mol. The highest BCUT2D eigenvalue weighted by atomic mass is 16.5. The van der Waals surface area contributed by atoms with Crippen LogP contribution in [0.5, 0.6) is 0 Å². The molecule has 2 aliphatic rings. The molecule has 0 atom stereocenters. The molecule has 2 saturated carbocycles. The summed E-state index contributed by atoms with van der Waals surface area (Å²) in [5, 5.41) is 8.98. The first-order chi connectivity index (χ1) is 9.83. The maximum Gasteiger partial charge on any atom is 0.0784 e. The highest BCUT2D eigenvalue weighted by Gasteiger charge is 2.30. The Kier molecular flexibility index (Phi) is 6.43. The third-order valence-electron chi connectivity index (χ3n) is 5.49. The highest BCUT2D eigenvalue weighted by Crippen LogP contribution is 2.42. The molecule has 0 N–H and O–H groups in total. The van der Waals surface area contributed by atoms with Gasteiger partial charge in [-0.1, -0.05) is 12.8 Å². The Bertz CT molecular complexity index is 328. The number of ether oxygens (including phenoxy) is 1. The summed E-state index contributed by atoms with van der Waals surface area (Å²) in [4.78, 5) is 0. The third-order valence-corrected chi connectivity index (χ3v) is 5.49. The number of nitrogens with zero attached hydrogens (tertiary/aromatic N) is 1. The van der Waals surface area contributed by atoms with Crippen LogP contribution in [0.4, 0.5) is 0 Å². The van der Waals surface area contributed by atoms with Crippen LogP contribution in [0.25, 0.3) is 0 Å². The summed E-state index contributed by atoms with van der Waals surface area (Å²) in [5.74, 6) is 3.17. The van der Waals surface area contributed by atoms with Gasteiger partial charge in [0.1, 0.15) is 0 Å². The second-order valence-electron chi connectivity index (χ2n) is 6.71. The number of allylic oxidation sites excluding steroid dienone is 1. The summed E-state index contributed by atoms with van der Waals surface area (Å²) in [6, 6.07) is 2.45. The Morgan fingerprint density at radius 1 is 1.00 bits per heavy atom. The third kappa shape index (κ3) is 4.54. The quantitative estimate of drug-likeness (QED) is 0.657. The first-order valence-corrected chi connectivity index (χ1v) is 8.41. The predicted octanol–water partition coefficient (Wildman–Crippen LogP) is 5.06. The molecule has 0 bridgehead atoms. The van der Waals surface area contributed by atoms with Gasteiger partial charge in [0.05, 0.1) is 19.4 Å². The lowest BCUT2D eigenvalue weighted by atomic mass is 9.69. The molecule has 0 aromatic heterocycles. The fourth-order valence-electron chi connectivity index (χ4n) is 4.16. The number of rotatable bonds is 5. The molecule has 0 aromatic carbocycles. The molecule has 2 nitrogen and oxygen atoms in total. The van der Waals surface area contributed by atoms with Crippen molar-refractivity contribution in [1.82, 2.24) is 0 Å². The predicted molar refractivity (Wildman–Crippen MR) is 81.9 cm³/mol. The van der Waals surface area contributed by atoms with Crippen LogP contribution in [0.3, 0.4) is 0 Å². The fourth-order valence-corrected chi connectivity index (χ4v) is 4.16. The lowest BCUT2D eigenvalue weighted by molar-refractivity contribution is 0.154. The molecule has 2 aliphatic carbocycles. The SMILES string of the molecule is COC=CCC[C@H]1CC[C@H]([C@H]2CC[C@H](C#N)CC2)CC1. The van der Waals surface area contributed by atoms with Gasteiger partial charge in [0, 0.05) is 5.92 Å². The van der Waals surface area contributed by atoms with Crippen LogP contribution in [0.1, 0.15) is 64.2 Å². The second-order valence-corrected chi connectivity index (χ2v) is 6.71. The van der Waals surface area contributed by atoms with Crippen molar-refractivity contribution >= 4 is 0 Å². The summed E-state index contributed by atoms with van der Waals surface area (Å²) in [5.41, 5.74) is 0. The van der Waals surface area contributed by atoms with E-state index in [-0.39, 0.29) is 0 Å². The van der Waals surface area contributed by atoms with Gasteiger partial charge in [-0.2, -0.15) is 5.26 Å². The Labute approximate surface area is 124 Å². The van der Waals surface area contributed by atoms with Crippen LogP contribution < -0.4 is 0 Å². The van der Waals surface area contributed by atoms with Crippen LogP contribution in [0, 0.1) is 35.0 Å². The molecule has 0 aromatic rings. The van der Waals surface area contributed by atoms with Gasteiger partial charge in [0.15, 0.2) is 0 Å². The van der Waals surface area contributed by atoms with E-state index in [0.717, 1.165) is 37.0 Å². The zero-order valence-electron chi connectivity index (χ0n) is 12.9. The van der Waals surface area contributed by atoms with E-state index in [9.17, 15) is 0 Å². The maximum absolute atomic E-state index is 8.98. The standard InChI is InChI=1S/C18H29NO/c1-20-13-3-2-4-15-5-9-17(10-6-15)18-11-7-16(14-19)8-12-18/h3,13,15-18H,2,4-12H2,1H3/t15-,16-,17-,18-. The largest absolute Gasteiger partial charge is 0.505 e. The minimum Gasteiger partial charge on any atom is -0.505 e. The first-order valence-electron chi connectivity index (χ1n) is 8.41. The van der Waals surface area contributed by atoms with Gasteiger partial charge >= 0.3 is 0 Å². The second kappa shape index (κ2) is 8.35. The summed E-state index contributed by atoms with van der Waals surface area (Å²) < 4.78 is 4.94. The number of nitriles is 1. The van der Waals surface area contributed by atoms with E-state index in [1.165, 1.54) is 44.9 Å². The fraction of sp³-hybridized carbons (Fsp3) is 0.833. The van der Waals surface area contributed by atoms with E-state index in [4.69, 9.17) is 10.00 Å². The van der Waals surface area contributed by atoms with E-state index >= 15 is 0 Å². The zero-order chi connectivity index (χ0) is 14.2. The highest BCUT2D eigenvalue weighted by molar-refractivity contribution is 4.89. The van der Waals surface area contributed by atoms with E-state index < -0.39 is 0 Å². The summed E-state index contributed by atoms with van der Waals surface area (Å²) in [6.45, 7) is 0. The van der Waals surface area contributed by atoms with Crippen LogP contribution >= 0.6 is 0 Å². The lowest BCUT2D eigenvalue weighted by Gasteiger charge is -2.36. The van der Waals surface area contributed by atoms with E-state index in [1.807, 2.05) is 0 Å². The molecule has 2 heteroatoms. The maximum atomic E-state index is 8.98. The zero-order valence-corrected chi connectivity index (χ0v) is 12.9. The molecule has 0 saturated heterocycles. The molecule has 2 fully saturated rings. The van der Waals surface area contributed by atoms with Gasteiger partial charge in [0.2, 0.25) is 0 Å². The lowest BCUT2D eigenvalue weighted by Crippen LogP contribution is -2.25. The minimum absolute atomic E-state index is 0.357. The van der Waals surface area contributed by atoms with Gasteiger partial charge in [-0.3, -0.25) is 0 Å². The Balaban J connectivity index is 1.64. The van der Waals surface area contributed by atoms with Crippen molar-refractivity contribution in [2.45, 2.75) is 64.2 Å². The van der Waals surface area contributed by atoms with Crippen molar-refractivity contribution in [3.63, 3.8) is 0 Å². The van der Waals surface area contributed by atoms with Gasteiger partial charge in [-0.05, 0) is 75.2 Å². The molecule has 0 spiro atoms. The molecule has 2 rings (SSSR count). The van der Waals surface area contributed by atoms with Crippen molar-refractivity contribution in [1.29, 1.82) is 5.26 Å². The molecule has 112 valence electrons. The van der Waals surface area contributed by atoms with E-state index in [0.29, 0.717) is 5.92 Å². The normalized spacial score (nSPS) is 34.8. The smallest absolute Gasteiger partial charge is 0.0784 e. The summed E-state index contributed by atoms with van der Waals surface area (Å²) in [7, 11) is 1.71. The minimum atomic E-state index is 0.357. The number of hydrogen-bond donors (Lipinski definition) is 0. The van der Waals surface area contributed by atoms with Crippen LogP contribution in [0.15, 0.2) is 12.3 Å². The first kappa shape index (κ1) is 15.4. The van der Waals surface area contributed by atoms with Gasteiger partial charge < -0.3 is 4.74 Å². The molecule has 20 heavy (non-hydrogen) atoms. The molecular formula is C18H29NO. The van der Waals surface area contributed by atoms with E-state index in [1.54, 1.807) is 13.4 Å². The van der Waals surface area contributed by atoms with Gasteiger partial charge in [0.25, 0.3) is 0 Å². The number of hydrogen-bond acceptors (Lipinski definition) is 2.